The molecule has 0 aliphatic rings. The molecule has 0 aliphatic carbocycles. The molecule has 0 fully saturated rings. The molecule has 0 radical (unpaired) electrons. The van der Waals surface area contributed by atoms with Crippen LogP contribution in [0, 0.1) is 11.7 Å². The fourth-order valence-corrected chi connectivity index (χ4v) is 1.74. The minimum Gasteiger partial charge on any atom is -0.365 e. The summed E-state index contributed by atoms with van der Waals surface area (Å²) in [5, 5.41) is 3.12. The van der Waals surface area contributed by atoms with Crippen LogP contribution in [0.15, 0.2) is 16.7 Å². The maximum atomic E-state index is 13.5. The molecule has 0 spiro atoms. The Kier molecular flexibility index (Phi) is 4.51. The van der Waals surface area contributed by atoms with Gasteiger partial charge in [0.25, 0.3) is 0 Å². The lowest BCUT2D eigenvalue weighted by Crippen LogP contribution is -2.25. The SMILES string of the molecule is CCC(Nc1ncc(Br)cc1F)C(C)C. The van der Waals surface area contributed by atoms with E-state index in [9.17, 15) is 4.39 Å². The zero-order chi connectivity index (χ0) is 11.4. The second-order valence-electron chi connectivity index (χ2n) is 3.89. The van der Waals surface area contributed by atoms with Gasteiger partial charge in [-0.25, -0.2) is 9.37 Å². The number of nitrogens with zero attached hydrogens (tertiary/aromatic N) is 1. The van der Waals surface area contributed by atoms with Crippen molar-refractivity contribution < 1.29 is 4.39 Å². The molecule has 0 amide bonds. The summed E-state index contributed by atoms with van der Waals surface area (Å²) in [5.41, 5.74) is 0. The van der Waals surface area contributed by atoms with E-state index in [0.29, 0.717) is 16.2 Å². The van der Waals surface area contributed by atoms with E-state index in [4.69, 9.17) is 0 Å². The molecule has 1 aromatic heterocycles. The van der Waals surface area contributed by atoms with Crippen LogP contribution in [0.4, 0.5) is 10.2 Å². The fraction of sp³-hybridized carbons (Fsp3) is 0.545. The molecule has 1 unspecified atom stereocenters. The molecule has 0 saturated carbocycles. The molecule has 1 N–H and O–H groups in total. The Morgan fingerprint density at radius 3 is 2.67 bits per heavy atom. The molecule has 1 atom stereocenters. The quantitative estimate of drug-likeness (QED) is 0.903. The standard InChI is InChI=1S/C11H16BrFN2/c1-4-10(7(2)3)15-11-9(13)5-8(12)6-14-11/h5-7,10H,4H2,1-3H3,(H,14,15). The van der Waals surface area contributed by atoms with Crippen LogP contribution in [0.5, 0.6) is 0 Å². The summed E-state index contributed by atoms with van der Waals surface area (Å²) in [6.07, 6.45) is 2.55. The average Bonchev–Trinajstić information content (AvgIpc) is 2.16. The molecule has 1 heterocycles. The molecule has 1 aromatic rings. The Labute approximate surface area is 98.4 Å². The first-order chi connectivity index (χ1) is 7.04. The fourth-order valence-electron chi connectivity index (χ4n) is 1.44. The number of halogens is 2. The van der Waals surface area contributed by atoms with Crippen molar-refractivity contribution >= 4 is 21.7 Å². The zero-order valence-corrected chi connectivity index (χ0v) is 10.8. The van der Waals surface area contributed by atoms with Crippen molar-refractivity contribution in [2.24, 2.45) is 5.92 Å². The Morgan fingerprint density at radius 2 is 2.20 bits per heavy atom. The van der Waals surface area contributed by atoms with Crippen LogP contribution in [0.2, 0.25) is 0 Å². The molecular weight excluding hydrogens is 259 g/mol. The van der Waals surface area contributed by atoms with Gasteiger partial charge in [0, 0.05) is 16.7 Å². The highest BCUT2D eigenvalue weighted by Gasteiger charge is 2.13. The maximum Gasteiger partial charge on any atom is 0.166 e. The van der Waals surface area contributed by atoms with Crippen molar-refractivity contribution in [1.82, 2.24) is 4.98 Å². The first-order valence-corrected chi connectivity index (χ1v) is 5.91. The lowest BCUT2D eigenvalue weighted by Gasteiger charge is -2.21. The van der Waals surface area contributed by atoms with Crippen LogP contribution in [0.3, 0.4) is 0 Å². The molecular formula is C11H16BrFN2. The summed E-state index contributed by atoms with van der Waals surface area (Å²) in [4.78, 5) is 4.01. The highest BCUT2D eigenvalue weighted by molar-refractivity contribution is 9.10. The monoisotopic (exact) mass is 274 g/mol. The Hall–Kier alpha value is -0.640. The van der Waals surface area contributed by atoms with Crippen molar-refractivity contribution in [3.05, 3.63) is 22.6 Å². The van der Waals surface area contributed by atoms with E-state index < -0.39 is 0 Å². The van der Waals surface area contributed by atoms with Crippen molar-refractivity contribution in [3.63, 3.8) is 0 Å². The number of hydrogen-bond acceptors (Lipinski definition) is 2. The van der Waals surface area contributed by atoms with Gasteiger partial charge in [-0.2, -0.15) is 0 Å². The van der Waals surface area contributed by atoms with Crippen molar-refractivity contribution in [1.29, 1.82) is 0 Å². The Balaban J connectivity index is 2.79. The lowest BCUT2D eigenvalue weighted by molar-refractivity contribution is 0.504. The largest absolute Gasteiger partial charge is 0.365 e. The van der Waals surface area contributed by atoms with E-state index in [0.717, 1.165) is 6.42 Å². The van der Waals surface area contributed by atoms with Gasteiger partial charge >= 0.3 is 0 Å². The van der Waals surface area contributed by atoms with Gasteiger partial charge in [0.2, 0.25) is 0 Å². The number of nitrogens with one attached hydrogen (secondary N) is 1. The van der Waals surface area contributed by atoms with Crippen LogP contribution in [0.25, 0.3) is 0 Å². The summed E-state index contributed by atoms with van der Waals surface area (Å²) < 4.78 is 14.1. The van der Waals surface area contributed by atoms with Gasteiger partial charge in [-0.3, -0.25) is 0 Å². The molecule has 0 saturated heterocycles. The molecule has 84 valence electrons. The summed E-state index contributed by atoms with van der Waals surface area (Å²) in [6.45, 7) is 6.30. The first kappa shape index (κ1) is 12.4. The van der Waals surface area contributed by atoms with Crippen LogP contribution >= 0.6 is 15.9 Å². The van der Waals surface area contributed by atoms with Gasteiger partial charge < -0.3 is 5.32 Å². The number of rotatable bonds is 4. The van der Waals surface area contributed by atoms with Gasteiger partial charge in [-0.15, -0.1) is 0 Å². The summed E-state index contributed by atoms with van der Waals surface area (Å²) >= 11 is 3.18. The topological polar surface area (TPSA) is 24.9 Å². The van der Waals surface area contributed by atoms with Crippen LogP contribution in [-0.2, 0) is 0 Å². The summed E-state index contributed by atoms with van der Waals surface area (Å²) in [6, 6.07) is 1.68. The van der Waals surface area contributed by atoms with E-state index in [-0.39, 0.29) is 11.9 Å². The van der Waals surface area contributed by atoms with E-state index in [1.54, 1.807) is 6.20 Å². The average molecular weight is 275 g/mol. The van der Waals surface area contributed by atoms with Gasteiger partial charge in [0.05, 0.1) is 0 Å². The molecule has 0 aromatic carbocycles. The van der Waals surface area contributed by atoms with Gasteiger partial charge in [-0.1, -0.05) is 20.8 Å². The second-order valence-corrected chi connectivity index (χ2v) is 4.80. The van der Waals surface area contributed by atoms with E-state index in [2.05, 4.69) is 47.0 Å². The maximum absolute atomic E-state index is 13.5. The molecule has 15 heavy (non-hydrogen) atoms. The second kappa shape index (κ2) is 5.45. The van der Waals surface area contributed by atoms with Gasteiger partial charge in [-0.05, 0) is 34.3 Å². The van der Waals surface area contributed by atoms with Crippen LogP contribution in [0.1, 0.15) is 27.2 Å². The Bertz CT molecular complexity index is 328. The molecule has 1 rings (SSSR count). The number of pyridine rings is 1. The van der Waals surface area contributed by atoms with E-state index in [1.807, 2.05) is 0 Å². The number of hydrogen-bond donors (Lipinski definition) is 1. The number of aromatic nitrogens is 1. The highest BCUT2D eigenvalue weighted by Crippen LogP contribution is 2.19. The third-order valence-electron chi connectivity index (χ3n) is 2.37. The molecule has 4 heteroatoms. The minimum atomic E-state index is -0.316. The normalized spacial score (nSPS) is 12.9. The summed E-state index contributed by atoms with van der Waals surface area (Å²) in [7, 11) is 0. The van der Waals surface area contributed by atoms with Gasteiger partial charge in [0.15, 0.2) is 11.6 Å². The Morgan fingerprint density at radius 1 is 1.53 bits per heavy atom. The smallest absolute Gasteiger partial charge is 0.166 e. The predicted octanol–water partition coefficient (Wildman–Crippen LogP) is 3.83. The first-order valence-electron chi connectivity index (χ1n) is 5.12. The number of anilines is 1. The molecule has 0 bridgehead atoms. The van der Waals surface area contributed by atoms with Crippen molar-refractivity contribution in [3.8, 4) is 0 Å². The summed E-state index contributed by atoms with van der Waals surface area (Å²) in [5.74, 6) is 0.474. The molecule has 2 nitrogen and oxygen atoms in total. The highest BCUT2D eigenvalue weighted by atomic mass is 79.9. The predicted molar refractivity (Wildman–Crippen MR) is 64.4 cm³/mol. The van der Waals surface area contributed by atoms with Crippen molar-refractivity contribution in [2.75, 3.05) is 5.32 Å². The van der Waals surface area contributed by atoms with E-state index >= 15 is 0 Å². The van der Waals surface area contributed by atoms with E-state index in [1.165, 1.54) is 6.07 Å². The minimum absolute atomic E-state index is 0.258. The lowest BCUT2D eigenvalue weighted by atomic mass is 10.0. The zero-order valence-electron chi connectivity index (χ0n) is 9.22. The van der Waals surface area contributed by atoms with Crippen LogP contribution < -0.4 is 5.32 Å². The molecule has 0 aliphatic heterocycles. The van der Waals surface area contributed by atoms with Crippen molar-refractivity contribution in [2.45, 2.75) is 33.2 Å². The third kappa shape index (κ3) is 3.45. The third-order valence-corrected chi connectivity index (χ3v) is 2.81. The van der Waals surface area contributed by atoms with Crippen LogP contribution in [-0.4, -0.2) is 11.0 Å². The van der Waals surface area contributed by atoms with Gasteiger partial charge in [0.1, 0.15) is 0 Å².